The summed E-state index contributed by atoms with van der Waals surface area (Å²) in [6, 6.07) is 0.804. The van der Waals surface area contributed by atoms with Gasteiger partial charge in [-0.15, -0.1) is 0 Å². The van der Waals surface area contributed by atoms with Crippen molar-refractivity contribution in [1.29, 1.82) is 0 Å². The summed E-state index contributed by atoms with van der Waals surface area (Å²) in [5.41, 5.74) is 0.660. The van der Waals surface area contributed by atoms with Gasteiger partial charge in [0.15, 0.2) is 0 Å². The molecule has 4 heteroatoms. The SMILES string of the molecule is CN(C)C1CCN(C(C)(C)C)CC1.CN(C)CCN(C)C(C)(C)C. The first-order valence-corrected chi connectivity index (χ1v) is 9.52. The highest BCUT2D eigenvalue weighted by molar-refractivity contribution is 4.84. The maximum absolute atomic E-state index is 2.59. The first kappa shape index (κ1) is 23.8. The molecule has 0 bridgehead atoms. The number of piperidine rings is 1. The van der Waals surface area contributed by atoms with Crippen molar-refractivity contribution in [3.05, 3.63) is 0 Å². The van der Waals surface area contributed by atoms with Crippen LogP contribution in [0.4, 0.5) is 0 Å². The Morgan fingerprint density at radius 2 is 1.25 bits per heavy atom. The van der Waals surface area contributed by atoms with Crippen LogP contribution >= 0.6 is 0 Å². The molecule has 0 aromatic rings. The van der Waals surface area contributed by atoms with E-state index in [4.69, 9.17) is 0 Å². The van der Waals surface area contributed by atoms with E-state index in [1.165, 1.54) is 25.9 Å². The quantitative estimate of drug-likeness (QED) is 0.778. The van der Waals surface area contributed by atoms with Crippen LogP contribution in [0.3, 0.4) is 0 Å². The van der Waals surface area contributed by atoms with Gasteiger partial charge in [0.25, 0.3) is 0 Å². The topological polar surface area (TPSA) is 13.0 Å². The Bertz CT molecular complexity index is 318. The summed E-state index contributed by atoms with van der Waals surface area (Å²) in [7, 11) is 10.8. The summed E-state index contributed by atoms with van der Waals surface area (Å²) in [6.45, 7) is 18.4. The number of likely N-dealkylation sites (tertiary alicyclic amines) is 1. The molecule has 0 unspecified atom stereocenters. The molecule has 0 N–H and O–H groups in total. The molecular formula is C20H46N4. The lowest BCUT2D eigenvalue weighted by Gasteiger charge is -2.42. The Morgan fingerprint density at radius 3 is 1.54 bits per heavy atom. The molecule has 4 nitrogen and oxygen atoms in total. The van der Waals surface area contributed by atoms with Crippen LogP contribution in [0.1, 0.15) is 54.4 Å². The van der Waals surface area contributed by atoms with Crippen LogP contribution < -0.4 is 0 Å². The minimum absolute atomic E-state index is 0.302. The zero-order valence-electron chi connectivity index (χ0n) is 18.6. The molecule has 1 aliphatic rings. The van der Waals surface area contributed by atoms with Crippen LogP contribution in [0.2, 0.25) is 0 Å². The van der Waals surface area contributed by atoms with Crippen molar-refractivity contribution < 1.29 is 0 Å². The van der Waals surface area contributed by atoms with Crippen molar-refractivity contribution in [2.24, 2.45) is 0 Å². The molecule has 0 aromatic heterocycles. The molecule has 1 saturated heterocycles. The van der Waals surface area contributed by atoms with Crippen molar-refractivity contribution in [1.82, 2.24) is 19.6 Å². The van der Waals surface area contributed by atoms with E-state index in [0.29, 0.717) is 11.1 Å². The molecule has 0 aliphatic carbocycles. The van der Waals surface area contributed by atoms with Gasteiger partial charge < -0.3 is 14.7 Å². The van der Waals surface area contributed by atoms with Crippen molar-refractivity contribution in [2.75, 3.05) is 61.4 Å². The van der Waals surface area contributed by atoms with E-state index in [0.717, 1.165) is 19.1 Å². The Morgan fingerprint density at radius 1 is 0.792 bits per heavy atom. The molecule has 0 atom stereocenters. The van der Waals surface area contributed by atoms with Crippen LogP contribution in [0.5, 0.6) is 0 Å². The third kappa shape index (κ3) is 9.97. The minimum atomic E-state index is 0.302. The average molecular weight is 343 g/mol. The smallest absolute Gasteiger partial charge is 0.0125 e. The largest absolute Gasteiger partial charge is 0.308 e. The molecule has 1 aliphatic heterocycles. The highest BCUT2D eigenvalue weighted by Crippen LogP contribution is 2.21. The van der Waals surface area contributed by atoms with Gasteiger partial charge in [0, 0.05) is 43.3 Å². The molecular weight excluding hydrogens is 296 g/mol. The number of nitrogens with zero attached hydrogens (tertiary/aromatic N) is 4. The molecule has 0 aromatic carbocycles. The van der Waals surface area contributed by atoms with Crippen LogP contribution in [0, 0.1) is 0 Å². The number of rotatable bonds is 4. The molecule has 0 spiro atoms. The Labute approximate surface area is 153 Å². The fraction of sp³-hybridized carbons (Fsp3) is 1.00. The van der Waals surface area contributed by atoms with Gasteiger partial charge in [-0.2, -0.15) is 0 Å². The monoisotopic (exact) mass is 342 g/mol. The van der Waals surface area contributed by atoms with Crippen LogP contribution in [-0.2, 0) is 0 Å². The third-order valence-corrected chi connectivity index (χ3v) is 5.17. The fourth-order valence-electron chi connectivity index (χ4n) is 2.74. The standard InChI is InChI=1S/C11H24N2.C9H22N2/c1-11(2,3)13-8-6-10(7-9-13)12(4)5;1-9(2,3)11(6)8-7-10(4)5/h10H,6-9H2,1-5H3;7-8H2,1-6H3. The maximum Gasteiger partial charge on any atom is 0.0125 e. The summed E-state index contributed by atoms with van der Waals surface area (Å²) in [6.07, 6.45) is 2.65. The van der Waals surface area contributed by atoms with Gasteiger partial charge in [-0.1, -0.05) is 0 Å². The molecule has 0 amide bonds. The van der Waals surface area contributed by atoms with Crippen molar-refractivity contribution in [3.63, 3.8) is 0 Å². The molecule has 0 saturated carbocycles. The van der Waals surface area contributed by atoms with Crippen LogP contribution in [0.25, 0.3) is 0 Å². The van der Waals surface area contributed by atoms with E-state index in [1.54, 1.807) is 0 Å². The number of hydrogen-bond donors (Lipinski definition) is 0. The Balaban J connectivity index is 0.000000449. The van der Waals surface area contributed by atoms with Crippen molar-refractivity contribution in [3.8, 4) is 0 Å². The van der Waals surface area contributed by atoms with E-state index >= 15 is 0 Å². The van der Waals surface area contributed by atoms with E-state index in [1.807, 2.05) is 0 Å². The van der Waals surface area contributed by atoms with Gasteiger partial charge in [0.05, 0.1) is 0 Å². The summed E-state index contributed by atoms with van der Waals surface area (Å²) < 4.78 is 0. The lowest BCUT2D eigenvalue weighted by molar-refractivity contribution is 0.0729. The fourth-order valence-corrected chi connectivity index (χ4v) is 2.74. The second-order valence-corrected chi connectivity index (χ2v) is 9.75. The Kier molecular flexibility index (Phi) is 10.0. The second kappa shape index (κ2) is 10.1. The molecule has 24 heavy (non-hydrogen) atoms. The van der Waals surface area contributed by atoms with E-state index < -0.39 is 0 Å². The summed E-state index contributed by atoms with van der Waals surface area (Å²) in [5, 5.41) is 0. The van der Waals surface area contributed by atoms with Gasteiger partial charge in [0.1, 0.15) is 0 Å². The predicted molar refractivity (Wildman–Crippen MR) is 109 cm³/mol. The minimum Gasteiger partial charge on any atom is -0.308 e. The lowest BCUT2D eigenvalue weighted by atomic mass is 9.98. The summed E-state index contributed by atoms with van der Waals surface area (Å²) in [5.74, 6) is 0. The van der Waals surface area contributed by atoms with E-state index in [-0.39, 0.29) is 0 Å². The van der Waals surface area contributed by atoms with Gasteiger partial charge in [-0.05, 0) is 89.6 Å². The number of likely N-dealkylation sites (N-methyl/N-ethyl adjacent to an activating group) is 2. The third-order valence-electron chi connectivity index (χ3n) is 5.17. The predicted octanol–water partition coefficient (Wildman–Crippen LogP) is 3.09. The summed E-state index contributed by atoms with van der Waals surface area (Å²) >= 11 is 0. The zero-order chi connectivity index (χ0) is 19.1. The van der Waals surface area contributed by atoms with Gasteiger partial charge >= 0.3 is 0 Å². The van der Waals surface area contributed by atoms with E-state index in [9.17, 15) is 0 Å². The van der Waals surface area contributed by atoms with Crippen LogP contribution in [-0.4, -0.2) is 98.1 Å². The summed E-state index contributed by atoms with van der Waals surface area (Å²) in [4.78, 5) is 9.53. The molecule has 1 heterocycles. The molecule has 1 fully saturated rings. The second-order valence-electron chi connectivity index (χ2n) is 9.75. The van der Waals surface area contributed by atoms with Crippen molar-refractivity contribution >= 4 is 0 Å². The highest BCUT2D eigenvalue weighted by atomic mass is 15.2. The first-order chi connectivity index (χ1) is 10.7. The molecule has 0 radical (unpaired) electrons. The average Bonchev–Trinajstić information content (AvgIpc) is 2.43. The first-order valence-electron chi connectivity index (χ1n) is 9.52. The highest BCUT2D eigenvalue weighted by Gasteiger charge is 2.27. The number of hydrogen-bond acceptors (Lipinski definition) is 4. The Hall–Kier alpha value is -0.160. The molecule has 146 valence electrons. The maximum atomic E-state index is 2.59. The zero-order valence-corrected chi connectivity index (χ0v) is 18.6. The van der Waals surface area contributed by atoms with Crippen LogP contribution in [0.15, 0.2) is 0 Å². The van der Waals surface area contributed by atoms with Crippen molar-refractivity contribution in [2.45, 2.75) is 71.5 Å². The lowest BCUT2D eigenvalue weighted by Crippen LogP contribution is -2.49. The van der Waals surface area contributed by atoms with Gasteiger partial charge in [0.2, 0.25) is 0 Å². The normalized spacial score (nSPS) is 18.2. The van der Waals surface area contributed by atoms with Gasteiger partial charge in [-0.25, -0.2) is 0 Å². The molecule has 1 rings (SSSR count). The van der Waals surface area contributed by atoms with E-state index in [2.05, 4.69) is 96.4 Å². The van der Waals surface area contributed by atoms with Gasteiger partial charge in [-0.3, -0.25) is 4.90 Å².